The first kappa shape index (κ1) is 19.4. The van der Waals surface area contributed by atoms with Crippen molar-refractivity contribution in [3.05, 3.63) is 64.6 Å². The zero-order valence-corrected chi connectivity index (χ0v) is 16.6. The monoisotopic (exact) mass is 430 g/mol. The molecule has 0 bridgehead atoms. The van der Waals surface area contributed by atoms with E-state index in [1.165, 1.54) is 5.69 Å². The number of hydrogen-bond donors (Lipinski definition) is 2. The van der Waals surface area contributed by atoms with Gasteiger partial charge in [0.05, 0.1) is 0 Å². The number of hydrazine groups is 1. The second-order valence-corrected chi connectivity index (χ2v) is 7.34. The predicted octanol–water partition coefficient (Wildman–Crippen LogP) is 2.42. The van der Waals surface area contributed by atoms with Crippen LogP contribution < -0.4 is 15.8 Å². The number of anilines is 1. The molecule has 0 radical (unpaired) electrons. The van der Waals surface area contributed by atoms with Gasteiger partial charge < -0.3 is 4.90 Å². The van der Waals surface area contributed by atoms with Gasteiger partial charge in [-0.1, -0.05) is 40.2 Å². The molecule has 0 atom stereocenters. The second-order valence-electron chi connectivity index (χ2n) is 6.43. The Morgan fingerprint density at radius 1 is 0.926 bits per heavy atom. The van der Waals surface area contributed by atoms with Crippen molar-refractivity contribution in [2.24, 2.45) is 0 Å². The highest BCUT2D eigenvalue weighted by molar-refractivity contribution is 9.10. The molecule has 1 aliphatic rings. The average molecular weight is 431 g/mol. The van der Waals surface area contributed by atoms with E-state index in [2.05, 4.69) is 60.8 Å². The topological polar surface area (TPSA) is 64.7 Å². The van der Waals surface area contributed by atoms with Gasteiger partial charge in [-0.2, -0.15) is 0 Å². The first-order valence-corrected chi connectivity index (χ1v) is 9.78. The van der Waals surface area contributed by atoms with Crippen LogP contribution in [0, 0.1) is 0 Å². The molecule has 6 nitrogen and oxygen atoms in total. The van der Waals surface area contributed by atoms with Crippen LogP contribution in [0.25, 0.3) is 0 Å². The first-order chi connectivity index (χ1) is 13.1. The SMILES string of the molecule is O=C(CCN1CCN(c2ccccc2)CC1)NNC(=O)c1cccc(Br)c1. The number of carbonyl (C=O) groups excluding carboxylic acids is 2. The Hall–Kier alpha value is -2.38. The number of rotatable bonds is 5. The third-order valence-corrected chi connectivity index (χ3v) is 5.04. The Morgan fingerprint density at radius 3 is 2.37 bits per heavy atom. The van der Waals surface area contributed by atoms with Crippen molar-refractivity contribution < 1.29 is 9.59 Å². The van der Waals surface area contributed by atoms with E-state index in [9.17, 15) is 9.59 Å². The molecule has 27 heavy (non-hydrogen) atoms. The predicted molar refractivity (Wildman–Crippen MR) is 109 cm³/mol. The minimum atomic E-state index is -0.332. The summed E-state index contributed by atoms with van der Waals surface area (Å²) in [5.41, 5.74) is 6.67. The van der Waals surface area contributed by atoms with Crippen molar-refractivity contribution in [3.63, 3.8) is 0 Å². The quantitative estimate of drug-likeness (QED) is 0.714. The fraction of sp³-hybridized carbons (Fsp3) is 0.300. The van der Waals surface area contributed by atoms with E-state index < -0.39 is 0 Å². The molecule has 2 aromatic carbocycles. The van der Waals surface area contributed by atoms with Gasteiger partial charge in [-0.05, 0) is 30.3 Å². The number of para-hydroxylation sites is 1. The summed E-state index contributed by atoms with van der Waals surface area (Å²) < 4.78 is 0.816. The Morgan fingerprint density at radius 2 is 1.67 bits per heavy atom. The lowest BCUT2D eigenvalue weighted by Crippen LogP contribution is -2.48. The maximum atomic E-state index is 12.0. The van der Waals surface area contributed by atoms with Crippen molar-refractivity contribution in [2.75, 3.05) is 37.6 Å². The number of hydrogen-bond acceptors (Lipinski definition) is 4. The van der Waals surface area contributed by atoms with Crippen LogP contribution in [0.3, 0.4) is 0 Å². The number of nitrogens with one attached hydrogen (secondary N) is 2. The van der Waals surface area contributed by atoms with Crippen molar-refractivity contribution >= 4 is 33.4 Å². The van der Waals surface area contributed by atoms with E-state index in [-0.39, 0.29) is 11.8 Å². The molecule has 142 valence electrons. The summed E-state index contributed by atoms with van der Waals surface area (Å²) in [6, 6.07) is 17.4. The number of halogens is 1. The van der Waals surface area contributed by atoms with Crippen LogP contribution in [0.2, 0.25) is 0 Å². The van der Waals surface area contributed by atoms with E-state index in [0.717, 1.165) is 30.7 Å². The Labute approximate surface area is 167 Å². The lowest BCUT2D eigenvalue weighted by Gasteiger charge is -2.36. The van der Waals surface area contributed by atoms with Crippen molar-refractivity contribution in [2.45, 2.75) is 6.42 Å². The second kappa shape index (κ2) is 9.53. The van der Waals surface area contributed by atoms with Crippen LogP contribution in [-0.4, -0.2) is 49.4 Å². The van der Waals surface area contributed by atoms with E-state index >= 15 is 0 Å². The number of carbonyl (C=O) groups is 2. The molecule has 7 heteroatoms. The van der Waals surface area contributed by atoms with Crippen LogP contribution in [0.15, 0.2) is 59.1 Å². The summed E-state index contributed by atoms with van der Waals surface area (Å²) in [5, 5.41) is 0. The van der Waals surface area contributed by atoms with Gasteiger partial charge in [0.25, 0.3) is 5.91 Å². The first-order valence-electron chi connectivity index (χ1n) is 8.99. The van der Waals surface area contributed by atoms with E-state index in [0.29, 0.717) is 18.5 Å². The van der Waals surface area contributed by atoms with Crippen molar-refractivity contribution in [1.82, 2.24) is 15.8 Å². The normalized spacial score (nSPS) is 14.6. The molecular weight excluding hydrogens is 408 g/mol. The molecule has 1 saturated heterocycles. The van der Waals surface area contributed by atoms with Crippen molar-refractivity contribution in [3.8, 4) is 0 Å². The molecule has 2 aromatic rings. The zero-order valence-electron chi connectivity index (χ0n) is 15.0. The lowest BCUT2D eigenvalue weighted by molar-refractivity contribution is -0.122. The summed E-state index contributed by atoms with van der Waals surface area (Å²) >= 11 is 3.32. The molecule has 2 amide bonds. The zero-order chi connectivity index (χ0) is 19.1. The standard InChI is InChI=1S/C20H23BrN4O2/c21-17-6-4-5-16(15-17)20(27)23-22-19(26)9-10-24-11-13-25(14-12-24)18-7-2-1-3-8-18/h1-8,15H,9-14H2,(H,22,26)(H,23,27). The summed E-state index contributed by atoms with van der Waals surface area (Å²) in [5.74, 6) is -0.523. The maximum absolute atomic E-state index is 12.0. The third-order valence-electron chi connectivity index (χ3n) is 4.55. The summed E-state index contributed by atoms with van der Waals surface area (Å²) in [6.45, 7) is 4.43. The molecular formula is C20H23BrN4O2. The van der Waals surface area contributed by atoms with Gasteiger partial charge in [-0.25, -0.2) is 0 Å². The van der Waals surface area contributed by atoms with Crippen LogP contribution in [-0.2, 0) is 4.79 Å². The fourth-order valence-electron chi connectivity index (χ4n) is 3.02. The molecule has 3 rings (SSSR count). The van der Waals surface area contributed by atoms with Gasteiger partial charge >= 0.3 is 0 Å². The smallest absolute Gasteiger partial charge is 0.269 e. The molecule has 0 spiro atoms. The van der Waals surface area contributed by atoms with Crippen LogP contribution in [0.5, 0.6) is 0 Å². The summed E-state index contributed by atoms with van der Waals surface area (Å²) in [7, 11) is 0. The number of benzene rings is 2. The van der Waals surface area contributed by atoms with Crippen LogP contribution in [0.1, 0.15) is 16.8 Å². The highest BCUT2D eigenvalue weighted by atomic mass is 79.9. The molecule has 0 saturated carbocycles. The Balaban J connectivity index is 1.36. The van der Waals surface area contributed by atoms with E-state index in [1.54, 1.807) is 18.2 Å². The van der Waals surface area contributed by atoms with Gasteiger partial charge in [0.1, 0.15) is 0 Å². The van der Waals surface area contributed by atoms with Gasteiger partial charge in [0.2, 0.25) is 5.91 Å². The van der Waals surface area contributed by atoms with Crippen LogP contribution >= 0.6 is 15.9 Å². The Bertz CT molecular complexity index is 777. The molecule has 1 fully saturated rings. The lowest BCUT2D eigenvalue weighted by atomic mass is 10.2. The van der Waals surface area contributed by atoms with Gasteiger partial charge in [0.15, 0.2) is 0 Å². The van der Waals surface area contributed by atoms with E-state index in [4.69, 9.17) is 0 Å². The average Bonchev–Trinajstić information content (AvgIpc) is 2.71. The van der Waals surface area contributed by atoms with Crippen LogP contribution in [0.4, 0.5) is 5.69 Å². The fourth-order valence-corrected chi connectivity index (χ4v) is 3.42. The highest BCUT2D eigenvalue weighted by Crippen LogP contribution is 2.15. The minimum Gasteiger partial charge on any atom is -0.369 e. The summed E-state index contributed by atoms with van der Waals surface area (Å²) in [6.07, 6.45) is 0.351. The molecule has 0 unspecified atom stereocenters. The molecule has 0 aromatic heterocycles. The minimum absolute atomic E-state index is 0.191. The van der Waals surface area contributed by atoms with E-state index in [1.807, 2.05) is 12.1 Å². The number of nitrogens with zero attached hydrogens (tertiary/aromatic N) is 2. The highest BCUT2D eigenvalue weighted by Gasteiger charge is 2.17. The maximum Gasteiger partial charge on any atom is 0.269 e. The molecule has 1 heterocycles. The Kier molecular flexibility index (Phi) is 6.84. The van der Waals surface area contributed by atoms with Gasteiger partial charge in [-0.15, -0.1) is 0 Å². The third kappa shape index (κ3) is 5.80. The van der Waals surface area contributed by atoms with Gasteiger partial charge in [0, 0.05) is 54.9 Å². The molecule has 2 N–H and O–H groups in total. The number of piperazine rings is 1. The molecule has 1 aliphatic heterocycles. The number of amides is 2. The van der Waals surface area contributed by atoms with Gasteiger partial charge in [-0.3, -0.25) is 25.3 Å². The molecule has 0 aliphatic carbocycles. The van der Waals surface area contributed by atoms with Crippen molar-refractivity contribution in [1.29, 1.82) is 0 Å². The largest absolute Gasteiger partial charge is 0.369 e. The summed E-state index contributed by atoms with van der Waals surface area (Å²) in [4.78, 5) is 28.6.